The third-order valence-electron chi connectivity index (χ3n) is 5.24. The molecule has 9 heteroatoms. The Balaban J connectivity index is 1.29. The number of alkyl halides is 3. The molecule has 0 spiro atoms. The smallest absolute Gasteiger partial charge is 0.353 e. The van der Waals surface area contributed by atoms with Gasteiger partial charge in [-0.2, -0.15) is 13.2 Å². The van der Waals surface area contributed by atoms with Crippen molar-refractivity contribution in [2.45, 2.75) is 6.18 Å². The first-order valence-corrected chi connectivity index (χ1v) is 10.4. The van der Waals surface area contributed by atoms with Crippen LogP contribution in [0.1, 0.15) is 11.1 Å². The summed E-state index contributed by atoms with van der Waals surface area (Å²) in [5.74, 6) is 1.05. The number of halogens is 3. The van der Waals surface area contributed by atoms with Gasteiger partial charge in [0.05, 0.1) is 17.4 Å². The Labute approximate surface area is 189 Å². The van der Waals surface area contributed by atoms with E-state index in [-0.39, 0.29) is 5.91 Å². The second-order valence-corrected chi connectivity index (χ2v) is 7.52. The maximum Gasteiger partial charge on any atom is 0.417 e. The van der Waals surface area contributed by atoms with E-state index in [0.717, 1.165) is 23.6 Å². The zero-order valence-corrected chi connectivity index (χ0v) is 17.7. The van der Waals surface area contributed by atoms with Gasteiger partial charge < -0.3 is 15.1 Å². The monoisotopic (exact) mass is 453 g/mol. The number of amides is 1. The van der Waals surface area contributed by atoms with Crippen molar-refractivity contribution in [3.63, 3.8) is 0 Å². The zero-order chi connectivity index (χ0) is 23.3. The molecule has 0 unspecified atom stereocenters. The molecule has 1 aliphatic heterocycles. The molecule has 33 heavy (non-hydrogen) atoms. The van der Waals surface area contributed by atoms with Crippen molar-refractivity contribution >= 4 is 29.3 Å². The molecule has 0 aliphatic carbocycles. The first kappa shape index (κ1) is 22.3. The van der Waals surface area contributed by atoms with Gasteiger partial charge in [0.1, 0.15) is 11.6 Å². The van der Waals surface area contributed by atoms with E-state index in [9.17, 15) is 18.0 Å². The molecule has 1 N–H and O–H groups in total. The average Bonchev–Trinajstić information content (AvgIpc) is 2.84. The van der Waals surface area contributed by atoms with Gasteiger partial charge in [0, 0.05) is 38.5 Å². The van der Waals surface area contributed by atoms with Crippen LogP contribution < -0.4 is 15.1 Å². The van der Waals surface area contributed by atoms with Gasteiger partial charge >= 0.3 is 6.18 Å². The molecule has 6 nitrogen and oxygen atoms in total. The lowest BCUT2D eigenvalue weighted by Crippen LogP contribution is -2.47. The largest absolute Gasteiger partial charge is 0.417 e. The van der Waals surface area contributed by atoms with Crippen LogP contribution in [-0.2, 0) is 11.0 Å². The minimum absolute atomic E-state index is 0.244. The van der Waals surface area contributed by atoms with Crippen molar-refractivity contribution in [2.75, 3.05) is 41.3 Å². The van der Waals surface area contributed by atoms with E-state index in [1.165, 1.54) is 12.1 Å². The van der Waals surface area contributed by atoms with Crippen LogP contribution in [0, 0.1) is 0 Å². The van der Waals surface area contributed by atoms with E-state index in [1.807, 2.05) is 41.3 Å². The topological polar surface area (TPSA) is 61.4 Å². The summed E-state index contributed by atoms with van der Waals surface area (Å²) in [5.41, 5.74) is 0.776. The van der Waals surface area contributed by atoms with Gasteiger partial charge in [-0.15, -0.1) is 0 Å². The molecular formula is C24H22F3N5O. The van der Waals surface area contributed by atoms with Gasteiger partial charge in [0.25, 0.3) is 0 Å². The number of aromatic nitrogens is 2. The summed E-state index contributed by atoms with van der Waals surface area (Å²) >= 11 is 0. The number of benzene rings is 1. The molecule has 3 aromatic rings. The zero-order valence-electron chi connectivity index (χ0n) is 17.7. The molecule has 0 saturated carbocycles. The third kappa shape index (κ3) is 5.88. The van der Waals surface area contributed by atoms with Crippen LogP contribution in [-0.4, -0.2) is 42.1 Å². The molecule has 0 bridgehead atoms. The second kappa shape index (κ2) is 9.72. The van der Waals surface area contributed by atoms with E-state index in [1.54, 1.807) is 18.3 Å². The Bertz CT molecular complexity index is 1090. The normalized spacial score (nSPS) is 14.5. The fourth-order valence-corrected chi connectivity index (χ4v) is 3.47. The summed E-state index contributed by atoms with van der Waals surface area (Å²) in [4.78, 5) is 24.5. The van der Waals surface area contributed by atoms with Crippen molar-refractivity contribution in [1.82, 2.24) is 9.97 Å². The molecule has 4 rings (SSSR count). The van der Waals surface area contributed by atoms with Gasteiger partial charge in [-0.05, 0) is 35.9 Å². The van der Waals surface area contributed by atoms with Crippen LogP contribution in [0.2, 0.25) is 0 Å². The SMILES string of the molecule is O=C(C=Cc1ccccc1)Nc1ccc(N2CCN(c3ccc(C(F)(F)F)cn3)CC2)nc1. The number of anilines is 3. The lowest BCUT2D eigenvalue weighted by Gasteiger charge is -2.36. The molecule has 2 aromatic heterocycles. The van der Waals surface area contributed by atoms with E-state index in [0.29, 0.717) is 37.7 Å². The van der Waals surface area contributed by atoms with Gasteiger partial charge in [-0.1, -0.05) is 30.3 Å². The van der Waals surface area contributed by atoms with Gasteiger partial charge in [0.2, 0.25) is 5.91 Å². The number of nitrogens with zero attached hydrogens (tertiary/aromatic N) is 4. The lowest BCUT2D eigenvalue weighted by atomic mass is 10.2. The quantitative estimate of drug-likeness (QED) is 0.578. The molecule has 1 aliphatic rings. The van der Waals surface area contributed by atoms with Crippen LogP contribution >= 0.6 is 0 Å². The number of rotatable bonds is 5. The minimum Gasteiger partial charge on any atom is -0.353 e. The predicted octanol–water partition coefficient (Wildman–Crippen LogP) is 4.47. The van der Waals surface area contributed by atoms with Crippen molar-refractivity contribution in [3.8, 4) is 0 Å². The molecule has 0 radical (unpaired) electrons. The summed E-state index contributed by atoms with van der Waals surface area (Å²) < 4.78 is 38.1. The maximum atomic E-state index is 12.7. The van der Waals surface area contributed by atoms with E-state index >= 15 is 0 Å². The van der Waals surface area contributed by atoms with Gasteiger partial charge in [0.15, 0.2) is 0 Å². The van der Waals surface area contributed by atoms with Crippen LogP contribution in [0.4, 0.5) is 30.5 Å². The summed E-state index contributed by atoms with van der Waals surface area (Å²) in [6.45, 7) is 2.54. The fourth-order valence-electron chi connectivity index (χ4n) is 3.47. The first-order valence-electron chi connectivity index (χ1n) is 10.4. The molecule has 1 aromatic carbocycles. The van der Waals surface area contributed by atoms with Crippen molar-refractivity contribution in [2.24, 2.45) is 0 Å². The number of piperazine rings is 1. The van der Waals surface area contributed by atoms with Gasteiger partial charge in [-0.25, -0.2) is 9.97 Å². The van der Waals surface area contributed by atoms with Crippen molar-refractivity contribution < 1.29 is 18.0 Å². The Kier molecular flexibility index (Phi) is 6.58. The van der Waals surface area contributed by atoms with Gasteiger partial charge in [-0.3, -0.25) is 4.79 Å². The van der Waals surface area contributed by atoms with Crippen LogP contribution in [0.5, 0.6) is 0 Å². The molecule has 0 atom stereocenters. The molecule has 1 saturated heterocycles. The summed E-state index contributed by atoms with van der Waals surface area (Å²) in [7, 11) is 0. The number of hydrogen-bond acceptors (Lipinski definition) is 5. The maximum absolute atomic E-state index is 12.7. The lowest BCUT2D eigenvalue weighted by molar-refractivity contribution is -0.137. The van der Waals surface area contributed by atoms with Crippen molar-refractivity contribution in [1.29, 1.82) is 0 Å². The van der Waals surface area contributed by atoms with E-state index in [4.69, 9.17) is 0 Å². The molecule has 170 valence electrons. The number of carbonyl (C=O) groups is 1. The Morgan fingerprint density at radius 2 is 1.45 bits per heavy atom. The first-order chi connectivity index (χ1) is 15.9. The Morgan fingerprint density at radius 1 is 0.848 bits per heavy atom. The Hall–Kier alpha value is -3.88. The predicted molar refractivity (Wildman–Crippen MR) is 122 cm³/mol. The van der Waals surface area contributed by atoms with Crippen molar-refractivity contribution in [3.05, 3.63) is 84.2 Å². The standard InChI is InChI=1S/C24H22F3N5O/c25-24(26,27)19-7-9-21(28-16-19)31-12-14-32(15-13-31)22-10-8-20(17-29-22)30-23(33)11-6-18-4-2-1-3-5-18/h1-11,16-17H,12-15H2,(H,30,33). The fraction of sp³-hybridized carbons (Fsp3) is 0.208. The van der Waals surface area contributed by atoms with Crippen LogP contribution in [0.15, 0.2) is 73.1 Å². The molecule has 1 amide bonds. The Morgan fingerprint density at radius 3 is 1.97 bits per heavy atom. The molecular weight excluding hydrogens is 431 g/mol. The highest BCUT2D eigenvalue weighted by Gasteiger charge is 2.31. The van der Waals surface area contributed by atoms with Crippen LogP contribution in [0.25, 0.3) is 6.08 Å². The second-order valence-electron chi connectivity index (χ2n) is 7.52. The minimum atomic E-state index is -4.39. The highest BCUT2D eigenvalue weighted by molar-refractivity contribution is 6.01. The van der Waals surface area contributed by atoms with Crippen LogP contribution in [0.3, 0.4) is 0 Å². The number of hydrogen-bond donors (Lipinski definition) is 1. The van der Waals surface area contributed by atoms with E-state index < -0.39 is 11.7 Å². The number of carbonyl (C=O) groups excluding carboxylic acids is 1. The molecule has 3 heterocycles. The summed E-state index contributed by atoms with van der Waals surface area (Å²) in [6, 6.07) is 15.6. The highest BCUT2D eigenvalue weighted by Crippen LogP contribution is 2.29. The van der Waals surface area contributed by atoms with E-state index in [2.05, 4.69) is 20.2 Å². The summed E-state index contributed by atoms with van der Waals surface area (Å²) in [5, 5.41) is 2.78. The molecule has 1 fully saturated rings. The number of pyridine rings is 2. The average molecular weight is 453 g/mol. The highest BCUT2D eigenvalue weighted by atomic mass is 19.4. The third-order valence-corrected chi connectivity index (χ3v) is 5.24. The number of nitrogens with one attached hydrogen (secondary N) is 1. The summed E-state index contributed by atoms with van der Waals surface area (Å²) in [6.07, 6.45) is 1.29.